The number of fused-ring (bicyclic) bond motifs is 1. The van der Waals surface area contributed by atoms with Crippen LogP contribution < -0.4 is 10.1 Å². The number of rotatable bonds is 7. The highest BCUT2D eigenvalue weighted by molar-refractivity contribution is 7.89. The van der Waals surface area contributed by atoms with Crippen LogP contribution in [0, 0.1) is 11.8 Å². The van der Waals surface area contributed by atoms with Gasteiger partial charge >= 0.3 is 0 Å². The van der Waals surface area contributed by atoms with E-state index >= 15 is 0 Å². The van der Waals surface area contributed by atoms with E-state index < -0.39 is 16.1 Å². The van der Waals surface area contributed by atoms with Crippen LogP contribution in [0.25, 0.3) is 0 Å². The number of nitrogens with zero attached hydrogens (tertiary/aromatic N) is 2. The molecule has 0 saturated carbocycles. The van der Waals surface area contributed by atoms with Crippen LogP contribution in [0.1, 0.15) is 57.9 Å². The molecule has 0 bridgehead atoms. The van der Waals surface area contributed by atoms with Crippen molar-refractivity contribution >= 4 is 15.9 Å². The normalized spacial score (nSPS) is 29.0. The molecule has 1 aromatic rings. The molecule has 0 aliphatic carbocycles. The van der Waals surface area contributed by atoms with Gasteiger partial charge in [0.2, 0.25) is 10.0 Å². The molecule has 4 rings (SSSR count). The van der Waals surface area contributed by atoms with Gasteiger partial charge in [-0.3, -0.25) is 4.79 Å². The van der Waals surface area contributed by atoms with Gasteiger partial charge in [0.15, 0.2) is 6.10 Å². The van der Waals surface area contributed by atoms with Crippen LogP contribution in [-0.4, -0.2) is 68.9 Å². The summed E-state index contributed by atoms with van der Waals surface area (Å²) in [7, 11) is -3.56. The predicted molar refractivity (Wildman–Crippen MR) is 124 cm³/mol. The summed E-state index contributed by atoms with van der Waals surface area (Å²) in [4.78, 5) is 15.5. The first kappa shape index (κ1) is 23.5. The number of nitrogens with one attached hydrogen (secondary N) is 1. The Hall–Kier alpha value is -1.64. The maximum atomic E-state index is 13.3. The number of hydrogen-bond donors (Lipinski definition) is 1. The van der Waals surface area contributed by atoms with Crippen molar-refractivity contribution in [2.24, 2.45) is 11.8 Å². The Bertz CT molecular complexity index is 919. The maximum Gasteiger partial charge on any atom is 0.261 e. The average Bonchev–Trinajstić information content (AvgIpc) is 3.38. The number of carbonyl (C=O) groups is 1. The highest BCUT2D eigenvalue weighted by Crippen LogP contribution is 2.40. The van der Waals surface area contributed by atoms with E-state index in [2.05, 4.69) is 24.1 Å². The molecule has 8 heteroatoms. The van der Waals surface area contributed by atoms with Gasteiger partial charge in [-0.15, -0.1) is 0 Å². The Morgan fingerprint density at radius 3 is 2.50 bits per heavy atom. The molecule has 0 aromatic heterocycles. The first-order chi connectivity index (χ1) is 15.3. The molecule has 3 aliphatic rings. The molecule has 1 aromatic carbocycles. The summed E-state index contributed by atoms with van der Waals surface area (Å²) in [5.74, 6) is 0.984. The number of carbonyl (C=O) groups excluding carboxylic acids is 1. The van der Waals surface area contributed by atoms with E-state index in [9.17, 15) is 13.2 Å². The third-order valence-electron chi connectivity index (χ3n) is 7.06. The molecule has 4 unspecified atom stereocenters. The molecule has 1 amide bonds. The summed E-state index contributed by atoms with van der Waals surface area (Å²) in [6.07, 6.45) is 3.90. The van der Waals surface area contributed by atoms with Gasteiger partial charge in [-0.1, -0.05) is 20.8 Å². The van der Waals surface area contributed by atoms with Crippen molar-refractivity contribution in [2.45, 2.75) is 63.4 Å². The maximum absolute atomic E-state index is 13.3. The van der Waals surface area contributed by atoms with Crippen LogP contribution in [0.15, 0.2) is 23.1 Å². The molecular formula is C24H37N3O4S. The van der Waals surface area contributed by atoms with E-state index in [4.69, 9.17) is 4.74 Å². The van der Waals surface area contributed by atoms with Crippen LogP contribution in [0.2, 0.25) is 0 Å². The molecule has 178 valence electrons. The fourth-order valence-electron chi connectivity index (χ4n) is 5.40. The lowest BCUT2D eigenvalue weighted by molar-refractivity contribution is -0.127. The lowest BCUT2D eigenvalue weighted by atomic mass is 9.94. The first-order valence-corrected chi connectivity index (χ1v) is 13.5. The fraction of sp³-hybridized carbons (Fsp3) is 0.708. The number of hydrogen-bond acceptors (Lipinski definition) is 5. The van der Waals surface area contributed by atoms with Gasteiger partial charge in [0.25, 0.3) is 5.91 Å². The van der Waals surface area contributed by atoms with E-state index in [-0.39, 0.29) is 11.8 Å². The third-order valence-corrected chi connectivity index (χ3v) is 8.89. The molecule has 2 saturated heterocycles. The second kappa shape index (κ2) is 9.69. The van der Waals surface area contributed by atoms with Gasteiger partial charge in [-0.25, -0.2) is 8.42 Å². The van der Waals surface area contributed by atoms with Crippen LogP contribution >= 0.6 is 0 Å². The Morgan fingerprint density at radius 1 is 1.12 bits per heavy atom. The Morgan fingerprint density at radius 2 is 1.81 bits per heavy atom. The van der Waals surface area contributed by atoms with Crippen molar-refractivity contribution in [3.8, 4) is 5.75 Å². The standard InChI is InChI=1S/C24H37N3O4S/c1-17-13-18(2)16-27(15-17)32(29,30)20-7-8-22-21(14-20)19(3)23(31-22)24(28)25-9-6-12-26-10-4-5-11-26/h7-8,14,17-19,23H,4-6,9-13,15-16H2,1-3H3,(H,25,28). The fourth-order valence-corrected chi connectivity index (χ4v) is 7.12. The minimum atomic E-state index is -3.56. The largest absolute Gasteiger partial charge is 0.480 e. The van der Waals surface area contributed by atoms with E-state index in [1.807, 2.05) is 6.92 Å². The zero-order valence-electron chi connectivity index (χ0n) is 19.5. The molecule has 2 fully saturated rings. The number of amides is 1. The van der Waals surface area contributed by atoms with Gasteiger partial charge in [0.05, 0.1) is 4.90 Å². The molecule has 32 heavy (non-hydrogen) atoms. The highest BCUT2D eigenvalue weighted by atomic mass is 32.2. The third kappa shape index (κ3) is 4.97. The zero-order valence-corrected chi connectivity index (χ0v) is 20.4. The van der Waals surface area contributed by atoms with E-state index in [1.165, 1.54) is 12.8 Å². The molecule has 0 radical (unpaired) electrons. The smallest absolute Gasteiger partial charge is 0.261 e. The van der Waals surface area contributed by atoms with Gasteiger partial charge in [0.1, 0.15) is 5.75 Å². The van der Waals surface area contributed by atoms with Crippen molar-refractivity contribution in [3.05, 3.63) is 23.8 Å². The van der Waals surface area contributed by atoms with Crippen molar-refractivity contribution in [1.82, 2.24) is 14.5 Å². The summed E-state index contributed by atoms with van der Waals surface area (Å²) in [5, 5.41) is 3.00. The number of sulfonamides is 1. The molecule has 4 atom stereocenters. The molecule has 0 spiro atoms. The van der Waals surface area contributed by atoms with Crippen molar-refractivity contribution < 1.29 is 17.9 Å². The van der Waals surface area contributed by atoms with Gasteiger partial charge < -0.3 is 15.0 Å². The number of benzene rings is 1. The molecule has 3 heterocycles. The molecule has 7 nitrogen and oxygen atoms in total. The summed E-state index contributed by atoms with van der Waals surface area (Å²) in [6, 6.07) is 5.03. The van der Waals surface area contributed by atoms with Gasteiger partial charge in [-0.05, 0) is 75.4 Å². The van der Waals surface area contributed by atoms with Crippen LogP contribution in [0.5, 0.6) is 5.75 Å². The van der Waals surface area contributed by atoms with Gasteiger partial charge in [0, 0.05) is 31.1 Å². The first-order valence-electron chi connectivity index (χ1n) is 12.1. The van der Waals surface area contributed by atoms with Crippen molar-refractivity contribution in [2.75, 3.05) is 39.3 Å². The second-order valence-electron chi connectivity index (χ2n) is 9.99. The average molecular weight is 464 g/mol. The minimum absolute atomic E-state index is 0.127. The van der Waals surface area contributed by atoms with Crippen LogP contribution in [0.4, 0.5) is 0 Å². The van der Waals surface area contributed by atoms with Crippen molar-refractivity contribution in [3.63, 3.8) is 0 Å². The highest BCUT2D eigenvalue weighted by Gasteiger charge is 2.38. The van der Waals surface area contributed by atoms with E-state index in [0.717, 1.165) is 38.0 Å². The second-order valence-corrected chi connectivity index (χ2v) is 11.9. The van der Waals surface area contributed by atoms with Crippen molar-refractivity contribution in [1.29, 1.82) is 0 Å². The van der Waals surface area contributed by atoms with Crippen LogP contribution in [-0.2, 0) is 14.8 Å². The van der Waals surface area contributed by atoms with Gasteiger partial charge in [-0.2, -0.15) is 4.31 Å². The Balaban J connectivity index is 1.38. The van der Waals surface area contributed by atoms with Crippen LogP contribution in [0.3, 0.4) is 0 Å². The summed E-state index contributed by atoms with van der Waals surface area (Å²) in [5.41, 5.74) is 0.793. The SMILES string of the molecule is CC1CC(C)CN(S(=O)(=O)c2ccc3c(c2)C(C)C(C(=O)NCCCN2CCCC2)O3)C1. The summed E-state index contributed by atoms with van der Waals surface area (Å²) in [6.45, 7) is 11.2. The Kier molecular flexibility index (Phi) is 7.12. The van der Waals surface area contributed by atoms with E-state index in [0.29, 0.717) is 42.1 Å². The summed E-state index contributed by atoms with van der Waals surface area (Å²) < 4.78 is 34.1. The Labute approximate surface area is 192 Å². The molecule has 1 N–H and O–H groups in total. The van der Waals surface area contributed by atoms with E-state index in [1.54, 1.807) is 22.5 Å². The zero-order chi connectivity index (χ0) is 22.9. The number of likely N-dealkylation sites (tertiary alicyclic amines) is 1. The summed E-state index contributed by atoms with van der Waals surface area (Å²) >= 11 is 0. The quantitative estimate of drug-likeness (QED) is 0.629. The lowest BCUT2D eigenvalue weighted by Crippen LogP contribution is -2.42. The monoisotopic (exact) mass is 463 g/mol. The molecule has 3 aliphatic heterocycles. The minimum Gasteiger partial charge on any atom is -0.480 e. The lowest BCUT2D eigenvalue weighted by Gasteiger charge is -2.34. The number of piperidine rings is 1. The number of ether oxygens (including phenoxy) is 1. The molecular weight excluding hydrogens is 426 g/mol. The predicted octanol–water partition coefficient (Wildman–Crippen LogP) is 2.82. The topological polar surface area (TPSA) is 79.0 Å².